The third-order valence-corrected chi connectivity index (χ3v) is 7.24. The molecular weight excluding hydrogens is 432 g/mol. The van der Waals surface area contributed by atoms with Gasteiger partial charge in [0.15, 0.2) is 14.6 Å². The van der Waals surface area contributed by atoms with Crippen molar-refractivity contribution in [1.29, 1.82) is 0 Å². The molecule has 3 aromatic rings. The first-order valence-electron chi connectivity index (χ1n) is 9.93. The number of nitrogens with zero attached hydrogens (tertiary/aromatic N) is 2. The Kier molecular flexibility index (Phi) is 7.66. The summed E-state index contributed by atoms with van der Waals surface area (Å²) in [6, 6.07) is 14.7. The molecule has 3 rings (SSSR count). The summed E-state index contributed by atoms with van der Waals surface area (Å²) in [6.07, 6.45) is 5.78. The molecule has 0 saturated heterocycles. The van der Waals surface area contributed by atoms with Gasteiger partial charge >= 0.3 is 0 Å². The molecule has 0 spiro atoms. The number of amides is 1. The Morgan fingerprint density at radius 3 is 2.71 bits per heavy atom. The Bertz CT molecular complexity index is 1270. The van der Waals surface area contributed by atoms with Crippen LogP contribution in [0.5, 0.6) is 5.75 Å². The number of sulfone groups is 1. The van der Waals surface area contributed by atoms with E-state index in [1.807, 2.05) is 31.2 Å². The molecule has 1 amide bonds. The van der Waals surface area contributed by atoms with E-state index in [2.05, 4.69) is 10.9 Å². The Morgan fingerprint density at radius 1 is 1.23 bits per heavy atom. The molecule has 0 fully saturated rings. The fourth-order valence-electron chi connectivity index (χ4n) is 3.15. The Hall–Kier alpha value is -2.89. The van der Waals surface area contributed by atoms with Gasteiger partial charge in [-0.25, -0.2) is 8.42 Å². The first-order valence-corrected chi connectivity index (χ1v) is 12.6. The van der Waals surface area contributed by atoms with Gasteiger partial charge < -0.3 is 9.30 Å². The summed E-state index contributed by atoms with van der Waals surface area (Å²) in [4.78, 5) is 17.1. The minimum atomic E-state index is -3.29. The molecule has 6 nitrogen and oxygen atoms in total. The van der Waals surface area contributed by atoms with Crippen LogP contribution in [0.15, 0.2) is 53.5 Å². The topological polar surface area (TPSA) is 77.7 Å². The highest BCUT2D eigenvalue weighted by molar-refractivity contribution is 7.90. The van der Waals surface area contributed by atoms with Gasteiger partial charge in [-0.15, -0.1) is 6.42 Å². The van der Waals surface area contributed by atoms with Crippen LogP contribution in [0.25, 0.3) is 10.2 Å². The van der Waals surface area contributed by atoms with Crippen LogP contribution in [0.4, 0.5) is 0 Å². The maximum atomic E-state index is 12.4. The molecule has 1 heterocycles. The maximum Gasteiger partial charge on any atom is 0.248 e. The molecule has 0 aliphatic heterocycles. The Morgan fingerprint density at radius 2 is 2.00 bits per heavy atom. The van der Waals surface area contributed by atoms with Crippen molar-refractivity contribution in [2.45, 2.75) is 32.1 Å². The molecule has 0 atom stereocenters. The van der Waals surface area contributed by atoms with Crippen molar-refractivity contribution >= 4 is 37.3 Å². The first kappa shape index (κ1) is 22.8. The lowest BCUT2D eigenvalue weighted by molar-refractivity contribution is -0.118. The molecule has 0 unspecified atom stereocenters. The summed E-state index contributed by atoms with van der Waals surface area (Å²) in [5.74, 6) is 2.88. The third kappa shape index (κ3) is 6.29. The van der Waals surface area contributed by atoms with Crippen LogP contribution in [0.2, 0.25) is 0 Å². The Labute approximate surface area is 186 Å². The number of carbonyl (C=O) groups excluding carboxylic acids is 1. The number of ether oxygens (including phenoxy) is 1. The van der Waals surface area contributed by atoms with E-state index in [1.165, 1.54) is 11.3 Å². The first-order chi connectivity index (χ1) is 14.9. The van der Waals surface area contributed by atoms with Gasteiger partial charge in [0.05, 0.1) is 34.9 Å². The molecular formula is C23H24N2O4S2. The van der Waals surface area contributed by atoms with Crippen molar-refractivity contribution in [3.63, 3.8) is 0 Å². The summed E-state index contributed by atoms with van der Waals surface area (Å²) >= 11 is 1.35. The van der Waals surface area contributed by atoms with E-state index in [-0.39, 0.29) is 36.8 Å². The molecule has 0 N–H and O–H groups in total. The van der Waals surface area contributed by atoms with Gasteiger partial charge in [-0.3, -0.25) is 4.79 Å². The average molecular weight is 457 g/mol. The van der Waals surface area contributed by atoms with Gasteiger partial charge in [-0.1, -0.05) is 47.6 Å². The molecule has 162 valence electrons. The van der Waals surface area contributed by atoms with E-state index in [1.54, 1.807) is 28.8 Å². The fourth-order valence-corrected chi connectivity index (χ4v) is 5.65. The van der Waals surface area contributed by atoms with Crippen molar-refractivity contribution in [2.75, 3.05) is 12.4 Å². The van der Waals surface area contributed by atoms with Crippen LogP contribution in [0, 0.1) is 12.3 Å². The number of aromatic nitrogens is 1. The lowest BCUT2D eigenvalue weighted by atomic mass is 10.2. The lowest BCUT2D eigenvalue weighted by Crippen LogP contribution is -2.17. The number of fused-ring (bicyclic) bond motifs is 1. The normalized spacial score (nSPS) is 12.1. The maximum absolute atomic E-state index is 12.4. The largest absolute Gasteiger partial charge is 0.494 e. The molecule has 0 radical (unpaired) electrons. The number of hydrogen-bond acceptors (Lipinski definition) is 5. The van der Waals surface area contributed by atoms with E-state index in [0.29, 0.717) is 11.4 Å². The molecule has 0 aliphatic rings. The SMILES string of the molecule is C#CCn1c(=NC(=O)CCCS(=O)(=O)Cc2ccccc2)sc2cc(OCC)ccc21. The van der Waals surface area contributed by atoms with Gasteiger partial charge in [0, 0.05) is 6.42 Å². The van der Waals surface area contributed by atoms with Crippen molar-refractivity contribution in [3.05, 3.63) is 58.9 Å². The van der Waals surface area contributed by atoms with Crippen LogP contribution in [-0.4, -0.2) is 31.3 Å². The second-order valence-corrected chi connectivity index (χ2v) is 10.1. The van der Waals surface area contributed by atoms with E-state index < -0.39 is 9.84 Å². The quantitative estimate of drug-likeness (QED) is 0.461. The van der Waals surface area contributed by atoms with Crippen LogP contribution in [-0.2, 0) is 26.9 Å². The second kappa shape index (κ2) is 10.4. The van der Waals surface area contributed by atoms with Crippen molar-refractivity contribution in [1.82, 2.24) is 4.57 Å². The number of thiazole rings is 1. The summed E-state index contributed by atoms with van der Waals surface area (Å²) in [6.45, 7) is 2.76. The second-order valence-electron chi connectivity index (χ2n) is 6.92. The van der Waals surface area contributed by atoms with E-state index in [9.17, 15) is 13.2 Å². The number of hydrogen-bond donors (Lipinski definition) is 0. The summed E-state index contributed by atoms with van der Waals surface area (Å²) in [7, 11) is -3.29. The third-order valence-electron chi connectivity index (χ3n) is 4.51. The van der Waals surface area contributed by atoms with Gasteiger partial charge in [0.25, 0.3) is 0 Å². The highest BCUT2D eigenvalue weighted by Gasteiger charge is 2.13. The van der Waals surface area contributed by atoms with Crippen molar-refractivity contribution in [3.8, 4) is 18.1 Å². The average Bonchev–Trinajstić information content (AvgIpc) is 3.05. The summed E-state index contributed by atoms with van der Waals surface area (Å²) < 4.78 is 32.9. The smallest absolute Gasteiger partial charge is 0.248 e. The van der Waals surface area contributed by atoms with Gasteiger partial charge in [-0.05, 0) is 37.1 Å². The number of benzene rings is 2. The molecule has 0 aliphatic carbocycles. The molecule has 8 heteroatoms. The lowest BCUT2D eigenvalue weighted by Gasteiger charge is -2.04. The van der Waals surface area contributed by atoms with E-state index in [4.69, 9.17) is 11.2 Å². The van der Waals surface area contributed by atoms with Crippen molar-refractivity contribution < 1.29 is 17.9 Å². The van der Waals surface area contributed by atoms with E-state index in [0.717, 1.165) is 21.5 Å². The van der Waals surface area contributed by atoms with Crippen LogP contribution in [0.3, 0.4) is 0 Å². The standard InChI is InChI=1S/C23H24N2O4S2/c1-3-14-25-20-13-12-19(29-4-2)16-21(20)30-23(25)24-22(26)11-8-15-31(27,28)17-18-9-6-5-7-10-18/h1,5-7,9-10,12-13,16H,4,8,11,14-15,17H2,2H3. The molecule has 2 aromatic carbocycles. The highest BCUT2D eigenvalue weighted by Crippen LogP contribution is 2.23. The van der Waals surface area contributed by atoms with E-state index >= 15 is 0 Å². The number of terminal acetylenes is 1. The highest BCUT2D eigenvalue weighted by atomic mass is 32.2. The van der Waals surface area contributed by atoms with Gasteiger partial charge in [0.1, 0.15) is 5.75 Å². The minimum absolute atomic E-state index is 0.0280. The Balaban J connectivity index is 1.71. The summed E-state index contributed by atoms with van der Waals surface area (Å²) in [5, 5.41) is 0. The molecule has 31 heavy (non-hydrogen) atoms. The molecule has 0 bridgehead atoms. The van der Waals surface area contributed by atoms with Crippen LogP contribution < -0.4 is 9.54 Å². The monoisotopic (exact) mass is 456 g/mol. The van der Waals surface area contributed by atoms with Crippen molar-refractivity contribution in [2.24, 2.45) is 4.99 Å². The molecule has 0 saturated carbocycles. The minimum Gasteiger partial charge on any atom is -0.494 e. The zero-order valence-corrected chi connectivity index (χ0v) is 18.9. The van der Waals surface area contributed by atoms with Gasteiger partial charge in [0.2, 0.25) is 5.91 Å². The van der Waals surface area contributed by atoms with Crippen LogP contribution in [0.1, 0.15) is 25.3 Å². The number of rotatable bonds is 9. The fraction of sp³-hybridized carbons (Fsp3) is 0.304. The predicted octanol–water partition coefficient (Wildman–Crippen LogP) is 3.56. The van der Waals surface area contributed by atoms with Gasteiger partial charge in [-0.2, -0.15) is 4.99 Å². The zero-order valence-electron chi connectivity index (χ0n) is 17.3. The number of carbonyl (C=O) groups is 1. The summed E-state index contributed by atoms with van der Waals surface area (Å²) in [5.41, 5.74) is 1.62. The zero-order chi connectivity index (χ0) is 22.3. The van der Waals surface area contributed by atoms with Crippen LogP contribution >= 0.6 is 11.3 Å². The molecule has 1 aromatic heterocycles. The predicted molar refractivity (Wildman–Crippen MR) is 124 cm³/mol.